The summed E-state index contributed by atoms with van der Waals surface area (Å²) in [7, 11) is 0. The molecule has 0 bridgehead atoms. The molecule has 1 aromatic heterocycles. The van der Waals surface area contributed by atoms with Gasteiger partial charge in [0.15, 0.2) is 0 Å². The van der Waals surface area contributed by atoms with Gasteiger partial charge in [0.05, 0.1) is 10.7 Å². The molecule has 0 fully saturated rings. The Morgan fingerprint density at radius 1 is 1.06 bits per heavy atom. The summed E-state index contributed by atoms with van der Waals surface area (Å²) in [6.45, 7) is 6.53. The van der Waals surface area contributed by atoms with E-state index < -0.39 is 0 Å². The van der Waals surface area contributed by atoms with Crippen LogP contribution >= 0.6 is 11.6 Å². The molecule has 0 aliphatic rings. The van der Waals surface area contributed by atoms with E-state index in [1.807, 2.05) is 30.5 Å². The summed E-state index contributed by atoms with van der Waals surface area (Å²) in [6, 6.07) is 12.3. The van der Waals surface area contributed by atoms with Gasteiger partial charge in [-0.2, -0.15) is 0 Å². The molecule has 0 spiro atoms. The molecule has 2 aromatic rings. The zero-order valence-electron chi connectivity index (χ0n) is 9.87. The smallest absolute Gasteiger partial charge is 0.0589 e. The molecule has 1 heterocycles. The second-order valence-corrected chi connectivity index (χ2v) is 5.39. The van der Waals surface area contributed by atoms with Crippen LogP contribution < -0.4 is 0 Å². The summed E-state index contributed by atoms with van der Waals surface area (Å²) in [4.78, 5) is 0. The van der Waals surface area contributed by atoms with E-state index in [1.165, 1.54) is 5.56 Å². The van der Waals surface area contributed by atoms with Crippen molar-refractivity contribution in [1.82, 2.24) is 4.57 Å². The minimum atomic E-state index is 0.0400. The van der Waals surface area contributed by atoms with Crippen LogP contribution in [0.15, 0.2) is 42.6 Å². The Hall–Kier alpha value is -1.21. The summed E-state index contributed by atoms with van der Waals surface area (Å²) in [5, 5.41) is 0.786. The molecular formula is C14H16ClN. The SMILES string of the molecule is CC(C)(C)n1cc(Cl)cc1-c1ccccc1. The quantitative estimate of drug-likeness (QED) is 0.680. The third-order valence-electron chi connectivity index (χ3n) is 2.58. The van der Waals surface area contributed by atoms with Crippen molar-refractivity contribution in [2.24, 2.45) is 0 Å². The molecule has 1 aromatic carbocycles. The summed E-state index contributed by atoms with van der Waals surface area (Å²) in [5.74, 6) is 0. The van der Waals surface area contributed by atoms with E-state index in [0.717, 1.165) is 10.7 Å². The highest BCUT2D eigenvalue weighted by atomic mass is 35.5. The summed E-state index contributed by atoms with van der Waals surface area (Å²) >= 11 is 6.10. The van der Waals surface area contributed by atoms with Crippen molar-refractivity contribution in [2.75, 3.05) is 0 Å². The maximum atomic E-state index is 6.10. The van der Waals surface area contributed by atoms with Crippen molar-refractivity contribution in [2.45, 2.75) is 26.3 Å². The van der Waals surface area contributed by atoms with Crippen molar-refractivity contribution in [3.63, 3.8) is 0 Å². The number of halogens is 1. The third kappa shape index (κ3) is 2.14. The van der Waals surface area contributed by atoms with E-state index in [0.29, 0.717) is 0 Å². The highest BCUT2D eigenvalue weighted by Gasteiger charge is 2.17. The topological polar surface area (TPSA) is 4.93 Å². The van der Waals surface area contributed by atoms with Gasteiger partial charge in [-0.1, -0.05) is 41.9 Å². The van der Waals surface area contributed by atoms with Crippen LogP contribution in [0.2, 0.25) is 5.02 Å². The van der Waals surface area contributed by atoms with Crippen molar-refractivity contribution in [1.29, 1.82) is 0 Å². The molecule has 1 nitrogen and oxygen atoms in total. The Morgan fingerprint density at radius 3 is 2.25 bits per heavy atom. The number of hydrogen-bond acceptors (Lipinski definition) is 0. The lowest BCUT2D eigenvalue weighted by Crippen LogP contribution is -2.21. The fraction of sp³-hybridized carbons (Fsp3) is 0.286. The third-order valence-corrected chi connectivity index (χ3v) is 2.79. The first kappa shape index (κ1) is 11.3. The van der Waals surface area contributed by atoms with Crippen molar-refractivity contribution in [3.05, 3.63) is 47.6 Å². The predicted octanol–water partition coefficient (Wildman–Crippen LogP) is 4.56. The highest BCUT2D eigenvalue weighted by Crippen LogP contribution is 2.30. The molecule has 2 rings (SSSR count). The average molecular weight is 234 g/mol. The number of nitrogens with zero attached hydrogens (tertiary/aromatic N) is 1. The van der Waals surface area contributed by atoms with Crippen LogP contribution in [0.5, 0.6) is 0 Å². The molecule has 0 amide bonds. The van der Waals surface area contributed by atoms with Crippen molar-refractivity contribution >= 4 is 11.6 Å². The molecule has 0 saturated carbocycles. The van der Waals surface area contributed by atoms with E-state index in [4.69, 9.17) is 11.6 Å². The van der Waals surface area contributed by atoms with Crippen LogP contribution in [-0.2, 0) is 5.54 Å². The van der Waals surface area contributed by atoms with Gasteiger partial charge in [-0.25, -0.2) is 0 Å². The van der Waals surface area contributed by atoms with Gasteiger partial charge in [0.25, 0.3) is 0 Å². The van der Waals surface area contributed by atoms with Gasteiger partial charge in [-0.3, -0.25) is 0 Å². The minimum Gasteiger partial charge on any atom is -0.341 e. The predicted molar refractivity (Wildman–Crippen MR) is 69.9 cm³/mol. The van der Waals surface area contributed by atoms with Gasteiger partial charge in [-0.15, -0.1) is 0 Å². The van der Waals surface area contributed by atoms with Crippen LogP contribution in [-0.4, -0.2) is 4.57 Å². The molecule has 0 N–H and O–H groups in total. The first-order chi connectivity index (χ1) is 7.48. The number of hydrogen-bond donors (Lipinski definition) is 0. The van der Waals surface area contributed by atoms with Gasteiger partial charge in [0.2, 0.25) is 0 Å². The summed E-state index contributed by atoms with van der Waals surface area (Å²) in [5.41, 5.74) is 2.40. The zero-order valence-corrected chi connectivity index (χ0v) is 10.6. The first-order valence-corrected chi connectivity index (χ1v) is 5.80. The Bertz CT molecular complexity index is 477. The monoisotopic (exact) mass is 233 g/mol. The second-order valence-electron chi connectivity index (χ2n) is 4.95. The molecule has 0 aliphatic heterocycles. The molecule has 0 radical (unpaired) electrons. The maximum Gasteiger partial charge on any atom is 0.0589 e. The molecule has 0 aliphatic carbocycles. The molecular weight excluding hydrogens is 218 g/mol. The number of rotatable bonds is 1. The first-order valence-electron chi connectivity index (χ1n) is 5.42. The number of benzene rings is 1. The fourth-order valence-electron chi connectivity index (χ4n) is 1.82. The standard InChI is InChI=1S/C14H16ClN/c1-14(2,3)16-10-12(15)9-13(16)11-7-5-4-6-8-11/h4-10H,1-3H3. The molecule has 0 atom stereocenters. The highest BCUT2D eigenvalue weighted by molar-refractivity contribution is 6.30. The van der Waals surface area contributed by atoms with Gasteiger partial charge in [0.1, 0.15) is 0 Å². The van der Waals surface area contributed by atoms with Crippen LogP contribution in [0.25, 0.3) is 11.3 Å². The second kappa shape index (κ2) is 3.99. The number of aromatic nitrogens is 1. The van der Waals surface area contributed by atoms with Gasteiger partial charge in [0, 0.05) is 11.7 Å². The van der Waals surface area contributed by atoms with E-state index in [9.17, 15) is 0 Å². The molecule has 84 valence electrons. The van der Waals surface area contributed by atoms with Gasteiger partial charge < -0.3 is 4.57 Å². The average Bonchev–Trinajstić information content (AvgIpc) is 2.61. The Morgan fingerprint density at radius 2 is 1.69 bits per heavy atom. The lowest BCUT2D eigenvalue weighted by atomic mass is 10.1. The Kier molecular flexibility index (Phi) is 2.81. The largest absolute Gasteiger partial charge is 0.341 e. The van der Waals surface area contributed by atoms with Gasteiger partial charge >= 0.3 is 0 Å². The molecule has 0 saturated heterocycles. The van der Waals surface area contributed by atoms with Gasteiger partial charge in [-0.05, 0) is 32.4 Å². The van der Waals surface area contributed by atoms with E-state index in [1.54, 1.807) is 0 Å². The van der Waals surface area contributed by atoms with Crippen LogP contribution in [0.4, 0.5) is 0 Å². The van der Waals surface area contributed by atoms with Crippen LogP contribution in [0, 0.1) is 0 Å². The van der Waals surface area contributed by atoms with Crippen molar-refractivity contribution < 1.29 is 0 Å². The zero-order chi connectivity index (χ0) is 11.8. The normalized spacial score (nSPS) is 11.8. The van der Waals surface area contributed by atoms with Crippen LogP contribution in [0.1, 0.15) is 20.8 Å². The van der Waals surface area contributed by atoms with E-state index in [-0.39, 0.29) is 5.54 Å². The van der Waals surface area contributed by atoms with Crippen LogP contribution in [0.3, 0.4) is 0 Å². The molecule has 16 heavy (non-hydrogen) atoms. The van der Waals surface area contributed by atoms with Crippen molar-refractivity contribution in [3.8, 4) is 11.3 Å². The Balaban J connectivity index is 2.58. The summed E-state index contributed by atoms with van der Waals surface area (Å²) < 4.78 is 2.21. The lowest BCUT2D eigenvalue weighted by Gasteiger charge is -2.24. The van der Waals surface area contributed by atoms with E-state index in [2.05, 4.69) is 37.5 Å². The fourth-order valence-corrected chi connectivity index (χ4v) is 2.02. The maximum absolute atomic E-state index is 6.10. The lowest BCUT2D eigenvalue weighted by molar-refractivity contribution is 0.403. The molecule has 0 unspecified atom stereocenters. The Labute approximate surface area is 102 Å². The molecule has 2 heteroatoms. The summed E-state index contributed by atoms with van der Waals surface area (Å²) in [6.07, 6.45) is 1.99. The van der Waals surface area contributed by atoms with E-state index >= 15 is 0 Å². The minimum absolute atomic E-state index is 0.0400.